The van der Waals surface area contributed by atoms with Crippen LogP contribution in [0.5, 0.6) is 0 Å². The number of rotatable bonds is 0. The second kappa shape index (κ2) is 1.77. The highest BCUT2D eigenvalue weighted by molar-refractivity contribution is 7.80. The molecule has 0 fully saturated rings. The molecule has 1 atom stereocenters. The third kappa shape index (κ3) is 0.758. The second-order valence-corrected chi connectivity index (χ2v) is 3.13. The lowest BCUT2D eigenvalue weighted by Crippen LogP contribution is -1.98. The fourth-order valence-electron chi connectivity index (χ4n) is 1.22. The van der Waals surface area contributed by atoms with Gasteiger partial charge in [0, 0.05) is 30.1 Å². The van der Waals surface area contributed by atoms with E-state index in [-0.39, 0.29) is 0 Å². The Kier molecular flexibility index (Phi) is 1.05. The van der Waals surface area contributed by atoms with E-state index in [1.54, 1.807) is 0 Å². The van der Waals surface area contributed by atoms with Crippen LogP contribution in [0.2, 0.25) is 0 Å². The molecule has 1 aliphatic heterocycles. The standard InChI is InChI=1S/C6H8N2S/c9-6-1-5-2-7-4-8(5)3-6/h2,4,6,9H,1,3H2/t6-/m0/s1. The zero-order chi connectivity index (χ0) is 6.27. The van der Waals surface area contributed by atoms with Crippen molar-refractivity contribution in [1.82, 2.24) is 9.55 Å². The predicted molar refractivity (Wildman–Crippen MR) is 38.7 cm³/mol. The van der Waals surface area contributed by atoms with Crippen molar-refractivity contribution in [3.05, 3.63) is 18.2 Å². The summed E-state index contributed by atoms with van der Waals surface area (Å²) >= 11 is 4.35. The maximum Gasteiger partial charge on any atom is 0.0948 e. The van der Waals surface area contributed by atoms with Gasteiger partial charge in [0.2, 0.25) is 0 Å². The van der Waals surface area contributed by atoms with E-state index >= 15 is 0 Å². The first-order chi connectivity index (χ1) is 4.36. The Bertz CT molecular complexity index is 198. The van der Waals surface area contributed by atoms with Crippen LogP contribution in [-0.2, 0) is 13.0 Å². The molecule has 1 aromatic heterocycles. The van der Waals surface area contributed by atoms with Gasteiger partial charge in [-0.3, -0.25) is 0 Å². The van der Waals surface area contributed by atoms with Gasteiger partial charge in [-0.1, -0.05) is 0 Å². The van der Waals surface area contributed by atoms with Gasteiger partial charge < -0.3 is 4.57 Å². The molecular formula is C6H8N2S. The van der Waals surface area contributed by atoms with E-state index in [2.05, 4.69) is 22.2 Å². The van der Waals surface area contributed by atoms with Crippen molar-refractivity contribution in [3.8, 4) is 0 Å². The third-order valence-corrected chi connectivity index (χ3v) is 2.00. The normalized spacial score (nSPS) is 24.3. The molecule has 48 valence electrons. The molecule has 0 unspecified atom stereocenters. The Morgan fingerprint density at radius 2 is 2.67 bits per heavy atom. The number of hydrogen-bond acceptors (Lipinski definition) is 2. The molecule has 0 amide bonds. The highest BCUT2D eigenvalue weighted by Gasteiger charge is 2.16. The molecule has 0 aliphatic carbocycles. The van der Waals surface area contributed by atoms with Crippen LogP contribution in [-0.4, -0.2) is 14.8 Å². The predicted octanol–water partition coefficient (Wildman–Crippen LogP) is 0.738. The molecule has 2 rings (SSSR count). The highest BCUT2D eigenvalue weighted by atomic mass is 32.1. The number of fused-ring (bicyclic) bond motifs is 1. The summed E-state index contributed by atoms with van der Waals surface area (Å²) in [5.74, 6) is 0. The number of nitrogens with zero attached hydrogens (tertiary/aromatic N) is 2. The Morgan fingerprint density at radius 1 is 1.78 bits per heavy atom. The SMILES string of the molecule is S[C@H]1Cc2cncn2C1. The van der Waals surface area contributed by atoms with Gasteiger partial charge in [0.05, 0.1) is 6.33 Å². The Morgan fingerprint density at radius 3 is 3.44 bits per heavy atom. The van der Waals surface area contributed by atoms with Crippen LogP contribution >= 0.6 is 12.6 Å². The average molecular weight is 140 g/mol. The second-order valence-electron chi connectivity index (χ2n) is 2.40. The van der Waals surface area contributed by atoms with Crippen molar-refractivity contribution < 1.29 is 0 Å². The summed E-state index contributed by atoms with van der Waals surface area (Å²) in [6.07, 6.45) is 4.85. The first-order valence-electron chi connectivity index (χ1n) is 3.03. The summed E-state index contributed by atoms with van der Waals surface area (Å²) in [4.78, 5) is 4.01. The molecule has 9 heavy (non-hydrogen) atoms. The van der Waals surface area contributed by atoms with Gasteiger partial charge in [0.25, 0.3) is 0 Å². The molecule has 0 N–H and O–H groups in total. The van der Waals surface area contributed by atoms with Gasteiger partial charge >= 0.3 is 0 Å². The lowest BCUT2D eigenvalue weighted by atomic mass is 10.3. The lowest BCUT2D eigenvalue weighted by Gasteiger charge is -1.94. The molecule has 2 nitrogen and oxygen atoms in total. The molecule has 0 saturated carbocycles. The van der Waals surface area contributed by atoms with Crippen molar-refractivity contribution in [3.63, 3.8) is 0 Å². The minimum absolute atomic E-state index is 0.517. The van der Waals surface area contributed by atoms with E-state index < -0.39 is 0 Å². The van der Waals surface area contributed by atoms with Gasteiger partial charge in [-0.15, -0.1) is 0 Å². The van der Waals surface area contributed by atoms with Crippen molar-refractivity contribution in [2.24, 2.45) is 0 Å². The fraction of sp³-hybridized carbons (Fsp3) is 0.500. The number of aromatic nitrogens is 2. The molecule has 1 aliphatic rings. The summed E-state index contributed by atoms with van der Waals surface area (Å²) in [5.41, 5.74) is 1.31. The minimum atomic E-state index is 0.517. The van der Waals surface area contributed by atoms with Crippen LogP contribution in [0.15, 0.2) is 12.5 Å². The molecular weight excluding hydrogens is 132 g/mol. The molecule has 1 aromatic rings. The topological polar surface area (TPSA) is 17.8 Å². The maximum absolute atomic E-state index is 4.35. The molecule has 0 saturated heterocycles. The summed E-state index contributed by atoms with van der Waals surface area (Å²) in [5, 5.41) is 0.517. The minimum Gasteiger partial charge on any atom is -0.333 e. The van der Waals surface area contributed by atoms with E-state index in [0.29, 0.717) is 5.25 Å². The van der Waals surface area contributed by atoms with Crippen LogP contribution in [0, 0.1) is 0 Å². The molecule has 0 bridgehead atoms. The fourth-order valence-corrected chi connectivity index (χ4v) is 1.58. The number of thiol groups is 1. The maximum atomic E-state index is 4.35. The van der Waals surface area contributed by atoms with Crippen LogP contribution in [0.3, 0.4) is 0 Å². The summed E-state index contributed by atoms with van der Waals surface area (Å²) in [6, 6.07) is 0. The quantitative estimate of drug-likeness (QED) is 0.526. The van der Waals surface area contributed by atoms with Gasteiger partial charge in [-0.2, -0.15) is 12.6 Å². The Labute approximate surface area is 59.3 Å². The van der Waals surface area contributed by atoms with Crippen molar-refractivity contribution >= 4 is 12.6 Å². The monoisotopic (exact) mass is 140 g/mol. The van der Waals surface area contributed by atoms with Gasteiger partial charge in [0.1, 0.15) is 0 Å². The zero-order valence-electron chi connectivity index (χ0n) is 4.99. The number of hydrogen-bond donors (Lipinski definition) is 1. The smallest absolute Gasteiger partial charge is 0.0948 e. The van der Waals surface area contributed by atoms with E-state index in [0.717, 1.165) is 13.0 Å². The van der Waals surface area contributed by atoms with Crippen molar-refractivity contribution in [2.75, 3.05) is 0 Å². The van der Waals surface area contributed by atoms with E-state index in [1.807, 2.05) is 12.5 Å². The van der Waals surface area contributed by atoms with Crippen LogP contribution < -0.4 is 0 Å². The summed E-state index contributed by atoms with van der Waals surface area (Å²) < 4.78 is 2.15. The first-order valence-corrected chi connectivity index (χ1v) is 3.55. The average Bonchev–Trinajstić information content (AvgIpc) is 2.22. The largest absolute Gasteiger partial charge is 0.333 e. The van der Waals surface area contributed by atoms with E-state index in [9.17, 15) is 0 Å². The molecule has 3 heteroatoms. The van der Waals surface area contributed by atoms with Crippen LogP contribution in [0.4, 0.5) is 0 Å². The highest BCUT2D eigenvalue weighted by Crippen LogP contribution is 2.17. The lowest BCUT2D eigenvalue weighted by molar-refractivity contribution is 0.757. The van der Waals surface area contributed by atoms with Crippen molar-refractivity contribution in [1.29, 1.82) is 0 Å². The number of imidazole rings is 1. The molecule has 0 radical (unpaired) electrons. The Balaban J connectivity index is 2.39. The summed E-state index contributed by atoms with van der Waals surface area (Å²) in [6.45, 7) is 1.03. The Hall–Kier alpha value is -0.440. The van der Waals surface area contributed by atoms with Gasteiger partial charge in [0.15, 0.2) is 0 Å². The van der Waals surface area contributed by atoms with Crippen LogP contribution in [0.25, 0.3) is 0 Å². The van der Waals surface area contributed by atoms with E-state index in [1.165, 1.54) is 5.69 Å². The third-order valence-electron chi connectivity index (χ3n) is 1.65. The van der Waals surface area contributed by atoms with Crippen molar-refractivity contribution in [2.45, 2.75) is 18.2 Å². The summed E-state index contributed by atoms with van der Waals surface area (Å²) in [7, 11) is 0. The van der Waals surface area contributed by atoms with Gasteiger partial charge in [-0.25, -0.2) is 4.98 Å². The zero-order valence-corrected chi connectivity index (χ0v) is 5.88. The van der Waals surface area contributed by atoms with Crippen LogP contribution in [0.1, 0.15) is 5.69 Å². The molecule has 2 heterocycles. The van der Waals surface area contributed by atoms with Gasteiger partial charge in [-0.05, 0) is 0 Å². The van der Waals surface area contributed by atoms with E-state index in [4.69, 9.17) is 0 Å². The molecule has 0 aromatic carbocycles. The first kappa shape index (κ1) is 5.35. The molecule has 0 spiro atoms.